The van der Waals surface area contributed by atoms with Crippen LogP contribution in [0.2, 0.25) is 0 Å². The van der Waals surface area contributed by atoms with E-state index in [0.29, 0.717) is 15.2 Å². The fourth-order valence-corrected chi connectivity index (χ4v) is 1.86. The third-order valence-corrected chi connectivity index (χ3v) is 2.90. The van der Waals surface area contributed by atoms with E-state index in [2.05, 4.69) is 20.9 Å². The van der Waals surface area contributed by atoms with Gasteiger partial charge < -0.3 is 10.2 Å². The van der Waals surface area contributed by atoms with Gasteiger partial charge in [0.2, 0.25) is 0 Å². The molecule has 0 aliphatic rings. The summed E-state index contributed by atoms with van der Waals surface area (Å²) in [7, 11) is 0. The predicted octanol–water partition coefficient (Wildman–Crippen LogP) is 2.40. The van der Waals surface area contributed by atoms with Crippen molar-refractivity contribution in [2.75, 3.05) is 0 Å². The van der Waals surface area contributed by atoms with Crippen LogP contribution in [0.1, 0.15) is 10.5 Å². The first-order chi connectivity index (χ1) is 7.11. The third-order valence-electron chi connectivity index (χ3n) is 2.06. The van der Waals surface area contributed by atoms with E-state index in [1.165, 1.54) is 18.3 Å². The molecule has 5 heteroatoms. The smallest absolute Gasteiger partial charge is 0.355 e. The normalized spacial score (nSPS) is 10.5. The largest absolute Gasteiger partial charge is 0.507 e. The minimum atomic E-state index is -1.09. The lowest BCUT2D eigenvalue weighted by atomic mass is 10.1. The van der Waals surface area contributed by atoms with Crippen molar-refractivity contribution in [3.63, 3.8) is 0 Å². The minimum absolute atomic E-state index is 0.0202. The number of phenols is 1. The van der Waals surface area contributed by atoms with Gasteiger partial charge in [-0.3, -0.25) is 0 Å². The van der Waals surface area contributed by atoms with E-state index in [9.17, 15) is 9.90 Å². The predicted molar refractivity (Wildman–Crippen MR) is 58.1 cm³/mol. The number of rotatable bonds is 1. The van der Waals surface area contributed by atoms with Crippen molar-refractivity contribution in [2.24, 2.45) is 0 Å². The highest BCUT2D eigenvalue weighted by atomic mass is 79.9. The summed E-state index contributed by atoms with van der Waals surface area (Å²) in [6.07, 6.45) is 1.40. The van der Waals surface area contributed by atoms with E-state index in [1.807, 2.05) is 0 Å². The molecule has 0 amide bonds. The van der Waals surface area contributed by atoms with Crippen LogP contribution in [0, 0.1) is 0 Å². The number of aromatic hydroxyl groups is 1. The summed E-state index contributed by atoms with van der Waals surface area (Å²) in [4.78, 5) is 14.6. The molecule has 0 unspecified atom stereocenters. The second-order valence-corrected chi connectivity index (χ2v) is 3.75. The SMILES string of the molecule is O=C(O)c1nccc2c(Br)c(O)ccc12. The Morgan fingerprint density at radius 2 is 2.00 bits per heavy atom. The van der Waals surface area contributed by atoms with Gasteiger partial charge in [0, 0.05) is 17.0 Å². The number of pyridine rings is 1. The van der Waals surface area contributed by atoms with Crippen LogP contribution < -0.4 is 0 Å². The van der Waals surface area contributed by atoms with Gasteiger partial charge in [-0.2, -0.15) is 0 Å². The zero-order chi connectivity index (χ0) is 11.0. The molecule has 15 heavy (non-hydrogen) atoms. The van der Waals surface area contributed by atoms with Gasteiger partial charge in [0.25, 0.3) is 0 Å². The summed E-state index contributed by atoms with van der Waals surface area (Å²) in [6.45, 7) is 0. The summed E-state index contributed by atoms with van der Waals surface area (Å²) < 4.78 is 0.477. The highest BCUT2D eigenvalue weighted by molar-refractivity contribution is 9.10. The second kappa shape index (κ2) is 3.51. The quantitative estimate of drug-likeness (QED) is 0.833. The molecule has 0 saturated heterocycles. The van der Waals surface area contributed by atoms with E-state index in [1.54, 1.807) is 6.07 Å². The van der Waals surface area contributed by atoms with E-state index in [0.717, 1.165) is 0 Å². The van der Waals surface area contributed by atoms with Crippen LogP contribution in [0.3, 0.4) is 0 Å². The number of carbonyl (C=O) groups is 1. The molecule has 2 N–H and O–H groups in total. The highest BCUT2D eigenvalue weighted by Crippen LogP contribution is 2.32. The highest BCUT2D eigenvalue weighted by Gasteiger charge is 2.12. The molecule has 0 atom stereocenters. The lowest BCUT2D eigenvalue weighted by Gasteiger charge is -2.04. The zero-order valence-electron chi connectivity index (χ0n) is 7.44. The first-order valence-electron chi connectivity index (χ1n) is 4.10. The van der Waals surface area contributed by atoms with E-state index in [-0.39, 0.29) is 11.4 Å². The molecule has 1 heterocycles. The Morgan fingerprint density at radius 1 is 1.27 bits per heavy atom. The molecule has 1 aromatic carbocycles. The maximum atomic E-state index is 10.9. The molecule has 0 radical (unpaired) electrons. The van der Waals surface area contributed by atoms with Crippen molar-refractivity contribution in [1.82, 2.24) is 4.98 Å². The second-order valence-electron chi connectivity index (χ2n) is 2.96. The molecule has 0 spiro atoms. The Labute approximate surface area is 93.3 Å². The first kappa shape index (κ1) is 9.92. The minimum Gasteiger partial charge on any atom is -0.507 e. The Kier molecular flexibility index (Phi) is 2.32. The van der Waals surface area contributed by atoms with Crippen LogP contribution in [-0.2, 0) is 0 Å². The number of hydrogen-bond donors (Lipinski definition) is 2. The first-order valence-corrected chi connectivity index (χ1v) is 4.90. The third kappa shape index (κ3) is 1.55. The summed E-state index contributed by atoms with van der Waals surface area (Å²) >= 11 is 3.19. The molecule has 4 nitrogen and oxygen atoms in total. The number of fused-ring (bicyclic) bond motifs is 1. The van der Waals surface area contributed by atoms with E-state index >= 15 is 0 Å². The van der Waals surface area contributed by atoms with Crippen molar-refractivity contribution < 1.29 is 15.0 Å². The van der Waals surface area contributed by atoms with Crippen LogP contribution in [0.15, 0.2) is 28.9 Å². The molecule has 1 aromatic heterocycles. The molecule has 0 bridgehead atoms. The standard InChI is InChI=1S/C10H6BrNO3/c11-8-5-3-4-12-9(10(14)15)6(5)1-2-7(8)13/h1-4,13H,(H,14,15). The van der Waals surface area contributed by atoms with Crippen LogP contribution >= 0.6 is 15.9 Å². The van der Waals surface area contributed by atoms with Gasteiger partial charge in [0.15, 0.2) is 5.69 Å². The average Bonchev–Trinajstić information content (AvgIpc) is 2.23. The molecule has 0 aliphatic carbocycles. The zero-order valence-corrected chi connectivity index (χ0v) is 9.02. The van der Waals surface area contributed by atoms with Gasteiger partial charge in [0.05, 0.1) is 4.47 Å². The number of carboxylic acids is 1. The number of benzene rings is 1. The number of aromatic nitrogens is 1. The van der Waals surface area contributed by atoms with Gasteiger partial charge in [-0.1, -0.05) is 0 Å². The van der Waals surface area contributed by atoms with Crippen molar-refractivity contribution in [3.8, 4) is 5.75 Å². The molecule has 0 fully saturated rings. The lowest BCUT2D eigenvalue weighted by molar-refractivity contribution is 0.0693. The van der Waals surface area contributed by atoms with Crippen LogP contribution in [0.5, 0.6) is 5.75 Å². The van der Waals surface area contributed by atoms with E-state index in [4.69, 9.17) is 5.11 Å². The molecule has 0 saturated carbocycles. The molecule has 0 aliphatic heterocycles. The fourth-order valence-electron chi connectivity index (χ4n) is 1.38. The number of halogens is 1. The summed E-state index contributed by atoms with van der Waals surface area (Å²) in [6, 6.07) is 4.61. The molecule has 76 valence electrons. The van der Waals surface area contributed by atoms with Crippen molar-refractivity contribution >= 4 is 32.7 Å². The van der Waals surface area contributed by atoms with Crippen LogP contribution in [0.4, 0.5) is 0 Å². The summed E-state index contributed by atoms with van der Waals surface area (Å²) in [5.74, 6) is -1.01. The average molecular weight is 268 g/mol. The lowest BCUT2D eigenvalue weighted by Crippen LogP contribution is -2.00. The summed E-state index contributed by atoms with van der Waals surface area (Å²) in [5, 5.41) is 19.5. The number of aromatic carboxylic acids is 1. The van der Waals surface area contributed by atoms with Crippen molar-refractivity contribution in [2.45, 2.75) is 0 Å². The van der Waals surface area contributed by atoms with E-state index < -0.39 is 5.97 Å². The van der Waals surface area contributed by atoms with Gasteiger partial charge >= 0.3 is 5.97 Å². The Balaban J connectivity index is 2.89. The molecular formula is C10H6BrNO3. The topological polar surface area (TPSA) is 70.4 Å². The molecular weight excluding hydrogens is 262 g/mol. The Morgan fingerprint density at radius 3 is 2.67 bits per heavy atom. The molecule has 2 aromatic rings. The number of nitrogens with zero attached hydrogens (tertiary/aromatic N) is 1. The number of hydrogen-bond acceptors (Lipinski definition) is 3. The van der Waals surface area contributed by atoms with Crippen molar-refractivity contribution in [3.05, 3.63) is 34.6 Å². The van der Waals surface area contributed by atoms with Crippen LogP contribution in [0.25, 0.3) is 10.8 Å². The van der Waals surface area contributed by atoms with Gasteiger partial charge in [-0.25, -0.2) is 9.78 Å². The van der Waals surface area contributed by atoms with Gasteiger partial charge in [-0.15, -0.1) is 0 Å². The summed E-state index contributed by atoms with van der Waals surface area (Å²) in [5.41, 5.74) is -0.0202. The fraction of sp³-hybridized carbons (Fsp3) is 0. The Hall–Kier alpha value is -1.62. The van der Waals surface area contributed by atoms with Gasteiger partial charge in [0.1, 0.15) is 5.75 Å². The number of carboxylic acid groups (broad SMARTS) is 1. The number of phenolic OH excluding ortho intramolecular Hbond substituents is 1. The maximum absolute atomic E-state index is 10.9. The molecule has 2 rings (SSSR count). The van der Waals surface area contributed by atoms with Crippen molar-refractivity contribution in [1.29, 1.82) is 0 Å². The Bertz CT molecular complexity index is 554. The maximum Gasteiger partial charge on any atom is 0.355 e. The monoisotopic (exact) mass is 267 g/mol. The van der Waals surface area contributed by atoms with Crippen LogP contribution in [-0.4, -0.2) is 21.2 Å². The van der Waals surface area contributed by atoms with Gasteiger partial charge in [-0.05, 0) is 34.1 Å².